The van der Waals surface area contributed by atoms with Gasteiger partial charge in [-0.2, -0.15) is 0 Å². The zero-order chi connectivity index (χ0) is 22.7. The number of hydrogen-bond acceptors (Lipinski definition) is 5. The van der Waals surface area contributed by atoms with E-state index in [1.54, 1.807) is 0 Å². The van der Waals surface area contributed by atoms with Crippen LogP contribution in [0.1, 0.15) is 37.8 Å². The number of alkyl halides is 2. The van der Waals surface area contributed by atoms with E-state index in [9.17, 15) is 19.2 Å². The number of nitrogens with zero attached hydrogens (tertiary/aromatic N) is 1. The number of halogens is 2. The Hall–Kier alpha value is -1.74. The van der Waals surface area contributed by atoms with E-state index in [4.69, 9.17) is 4.74 Å². The van der Waals surface area contributed by atoms with Crippen molar-refractivity contribution in [2.24, 2.45) is 11.8 Å². The number of benzene rings is 1. The Bertz CT molecular complexity index is 840. The lowest BCUT2D eigenvalue weighted by molar-refractivity contribution is -0.154. The van der Waals surface area contributed by atoms with Crippen LogP contribution in [-0.4, -0.2) is 51.4 Å². The monoisotopic (exact) mass is 556 g/mol. The summed E-state index contributed by atoms with van der Waals surface area (Å²) in [4.78, 5) is 51.1. The molecule has 2 aliphatic rings. The van der Waals surface area contributed by atoms with E-state index in [1.165, 1.54) is 0 Å². The largest absolute Gasteiger partial charge is 0.454 e. The van der Waals surface area contributed by atoms with Crippen LogP contribution in [0, 0.1) is 11.8 Å². The van der Waals surface area contributed by atoms with Gasteiger partial charge in [0.2, 0.25) is 11.8 Å². The maximum absolute atomic E-state index is 12.6. The van der Waals surface area contributed by atoms with E-state index in [1.807, 2.05) is 32.0 Å². The standard InChI is InChI=1S/C22H26Br2N2O5/c1-3-12-6-5-7-13(4-2)20(12)25-18(27)11-31-19(28)10-26-21(29)14-8-16(23)17(24)9-15(14)22(26)30/h5-7,14-17H,3-4,8-11H2,1-2H3,(H,25,27)/t14-,15-,16+,17+/m1/s1. The molecule has 3 amide bonds. The molecule has 1 heterocycles. The predicted molar refractivity (Wildman–Crippen MR) is 123 cm³/mol. The molecule has 3 rings (SSSR count). The van der Waals surface area contributed by atoms with Crippen molar-refractivity contribution in [2.45, 2.75) is 49.2 Å². The number of carbonyl (C=O) groups excluding carboxylic acids is 4. The van der Waals surface area contributed by atoms with Crippen molar-refractivity contribution in [3.8, 4) is 0 Å². The average molecular weight is 558 g/mol. The van der Waals surface area contributed by atoms with Crippen molar-refractivity contribution in [2.75, 3.05) is 18.5 Å². The van der Waals surface area contributed by atoms with Crippen LogP contribution in [0.25, 0.3) is 0 Å². The molecule has 1 saturated carbocycles. The van der Waals surface area contributed by atoms with E-state index in [0.29, 0.717) is 12.8 Å². The van der Waals surface area contributed by atoms with Crippen LogP contribution in [0.3, 0.4) is 0 Å². The van der Waals surface area contributed by atoms with Gasteiger partial charge in [0.05, 0.1) is 11.8 Å². The molecule has 0 unspecified atom stereocenters. The van der Waals surface area contributed by atoms with Crippen LogP contribution < -0.4 is 5.32 Å². The molecule has 1 saturated heterocycles. The normalized spacial score (nSPS) is 25.4. The zero-order valence-electron chi connectivity index (χ0n) is 17.5. The van der Waals surface area contributed by atoms with Gasteiger partial charge in [0.15, 0.2) is 6.61 Å². The number of likely N-dealkylation sites (tertiary alicyclic amines) is 1. The van der Waals surface area contributed by atoms with Gasteiger partial charge >= 0.3 is 5.97 Å². The van der Waals surface area contributed by atoms with Gasteiger partial charge in [0, 0.05) is 15.3 Å². The first kappa shape index (κ1) is 23.9. The van der Waals surface area contributed by atoms with Crippen LogP contribution in [0.15, 0.2) is 18.2 Å². The topological polar surface area (TPSA) is 92.8 Å². The first-order chi connectivity index (χ1) is 14.8. The fourth-order valence-electron chi connectivity index (χ4n) is 4.22. The summed E-state index contributed by atoms with van der Waals surface area (Å²) < 4.78 is 5.06. The average Bonchev–Trinajstić information content (AvgIpc) is 2.97. The van der Waals surface area contributed by atoms with Crippen molar-refractivity contribution >= 4 is 61.2 Å². The number of anilines is 1. The lowest BCUT2D eigenvalue weighted by atomic mass is 9.81. The molecule has 1 aliphatic carbocycles. The minimum atomic E-state index is -0.777. The quantitative estimate of drug-likeness (QED) is 0.316. The summed E-state index contributed by atoms with van der Waals surface area (Å²) >= 11 is 7.06. The molecule has 0 radical (unpaired) electrons. The maximum Gasteiger partial charge on any atom is 0.326 e. The maximum atomic E-state index is 12.6. The summed E-state index contributed by atoms with van der Waals surface area (Å²) in [5, 5.41) is 2.82. The van der Waals surface area contributed by atoms with Crippen LogP contribution >= 0.6 is 31.9 Å². The molecule has 4 atom stereocenters. The molecule has 1 aromatic rings. The third-order valence-electron chi connectivity index (χ3n) is 5.92. The first-order valence-electron chi connectivity index (χ1n) is 10.5. The Kier molecular flexibility index (Phi) is 7.91. The van der Waals surface area contributed by atoms with Gasteiger partial charge in [0.1, 0.15) is 6.54 Å². The van der Waals surface area contributed by atoms with Crippen LogP contribution in [0.2, 0.25) is 0 Å². The van der Waals surface area contributed by atoms with E-state index >= 15 is 0 Å². The van der Waals surface area contributed by atoms with E-state index in [0.717, 1.165) is 34.6 Å². The van der Waals surface area contributed by atoms with Crippen molar-refractivity contribution in [1.82, 2.24) is 4.90 Å². The molecular weight excluding hydrogens is 532 g/mol. The Morgan fingerprint density at radius 3 is 2.03 bits per heavy atom. The van der Waals surface area contributed by atoms with E-state index in [2.05, 4.69) is 37.2 Å². The van der Waals surface area contributed by atoms with Gasteiger partial charge in [0.25, 0.3) is 5.91 Å². The van der Waals surface area contributed by atoms with Crippen LogP contribution in [0.5, 0.6) is 0 Å². The molecule has 1 aromatic carbocycles. The highest BCUT2D eigenvalue weighted by molar-refractivity contribution is 9.12. The molecule has 1 aliphatic heterocycles. The number of esters is 1. The highest BCUT2D eigenvalue weighted by Gasteiger charge is 2.52. The number of nitrogens with one attached hydrogen (secondary N) is 1. The summed E-state index contributed by atoms with van der Waals surface area (Å²) in [6, 6.07) is 5.84. The van der Waals surface area contributed by atoms with E-state index < -0.39 is 36.9 Å². The summed E-state index contributed by atoms with van der Waals surface area (Å²) in [5.74, 6) is -2.75. The molecular formula is C22H26Br2N2O5. The third kappa shape index (κ3) is 5.19. The van der Waals surface area contributed by atoms with Gasteiger partial charge in [-0.3, -0.25) is 24.1 Å². The molecule has 2 fully saturated rings. The number of rotatable bonds is 7. The lowest BCUT2D eigenvalue weighted by Gasteiger charge is -2.29. The zero-order valence-corrected chi connectivity index (χ0v) is 20.7. The Balaban J connectivity index is 1.56. The molecule has 0 spiro atoms. The molecule has 7 nitrogen and oxygen atoms in total. The van der Waals surface area contributed by atoms with Crippen LogP contribution in [0.4, 0.5) is 5.69 Å². The van der Waals surface area contributed by atoms with Gasteiger partial charge in [-0.15, -0.1) is 0 Å². The number of carbonyl (C=O) groups is 4. The number of imide groups is 1. The Morgan fingerprint density at radius 1 is 1.03 bits per heavy atom. The molecule has 0 bridgehead atoms. The second-order valence-corrected chi connectivity index (χ2v) is 10.2. The highest BCUT2D eigenvalue weighted by Crippen LogP contribution is 2.43. The van der Waals surface area contributed by atoms with Gasteiger partial charge < -0.3 is 10.1 Å². The minimum absolute atomic E-state index is 0.0973. The molecule has 1 N–H and O–H groups in total. The second-order valence-electron chi connectivity index (χ2n) is 7.85. The summed E-state index contributed by atoms with van der Waals surface area (Å²) in [6.07, 6.45) is 2.59. The number of fused-ring (bicyclic) bond motifs is 1. The van der Waals surface area contributed by atoms with Crippen molar-refractivity contribution < 1.29 is 23.9 Å². The number of ether oxygens (including phenoxy) is 1. The number of para-hydroxylation sites is 1. The Morgan fingerprint density at radius 2 is 1.55 bits per heavy atom. The molecule has 9 heteroatoms. The highest BCUT2D eigenvalue weighted by atomic mass is 79.9. The summed E-state index contributed by atoms with van der Waals surface area (Å²) in [7, 11) is 0. The predicted octanol–water partition coefficient (Wildman–Crippen LogP) is 3.22. The van der Waals surface area contributed by atoms with Crippen LogP contribution in [-0.2, 0) is 36.8 Å². The van der Waals surface area contributed by atoms with Crippen molar-refractivity contribution in [1.29, 1.82) is 0 Å². The third-order valence-corrected chi connectivity index (χ3v) is 8.65. The van der Waals surface area contributed by atoms with Crippen molar-refractivity contribution in [3.05, 3.63) is 29.3 Å². The fraction of sp³-hybridized carbons (Fsp3) is 0.545. The molecule has 0 aromatic heterocycles. The first-order valence-corrected chi connectivity index (χ1v) is 12.3. The van der Waals surface area contributed by atoms with Crippen molar-refractivity contribution in [3.63, 3.8) is 0 Å². The van der Waals surface area contributed by atoms with Gasteiger partial charge in [-0.05, 0) is 36.8 Å². The summed E-state index contributed by atoms with van der Waals surface area (Å²) in [6.45, 7) is 3.06. The Labute approximate surface area is 198 Å². The van der Waals surface area contributed by atoms with E-state index in [-0.39, 0.29) is 21.5 Å². The van der Waals surface area contributed by atoms with Gasteiger partial charge in [-0.25, -0.2) is 0 Å². The minimum Gasteiger partial charge on any atom is -0.454 e. The SMILES string of the molecule is CCc1cccc(CC)c1NC(=O)COC(=O)CN1C(=O)[C@@H]2C[C@H](Br)[C@@H](Br)C[C@H]2C1=O. The number of aryl methyl sites for hydroxylation is 2. The van der Waals surface area contributed by atoms with Gasteiger partial charge in [-0.1, -0.05) is 63.9 Å². The lowest BCUT2D eigenvalue weighted by Crippen LogP contribution is -2.37. The number of hydrogen-bond donors (Lipinski definition) is 1. The second kappa shape index (κ2) is 10.3. The fourth-order valence-corrected chi connectivity index (χ4v) is 5.46. The molecule has 168 valence electrons. The smallest absolute Gasteiger partial charge is 0.326 e. The molecule has 31 heavy (non-hydrogen) atoms. The number of amides is 3. The summed E-state index contributed by atoms with van der Waals surface area (Å²) in [5.41, 5.74) is 2.76.